The van der Waals surface area contributed by atoms with Crippen LogP contribution in [0.4, 0.5) is 0 Å². The predicted octanol–water partition coefficient (Wildman–Crippen LogP) is 2.89. The summed E-state index contributed by atoms with van der Waals surface area (Å²) in [6.45, 7) is 1.26. The molecule has 0 radical (unpaired) electrons. The lowest BCUT2D eigenvalue weighted by molar-refractivity contribution is 0.415. The first-order valence-corrected chi connectivity index (χ1v) is 8.25. The molecule has 1 heterocycles. The molecule has 0 bridgehead atoms. The van der Waals surface area contributed by atoms with Crippen molar-refractivity contribution < 1.29 is 4.74 Å². The van der Waals surface area contributed by atoms with Gasteiger partial charge in [0.15, 0.2) is 5.96 Å². The van der Waals surface area contributed by atoms with Crippen molar-refractivity contribution in [3.8, 4) is 5.75 Å². The molecule has 0 amide bonds. The lowest BCUT2D eigenvalue weighted by atomic mass is 10.1. The van der Waals surface area contributed by atoms with Gasteiger partial charge in [-0.25, -0.2) is 4.99 Å². The first kappa shape index (κ1) is 16.8. The van der Waals surface area contributed by atoms with E-state index in [1.807, 2.05) is 30.3 Å². The Hall–Kier alpha value is -3.08. The number of rotatable bonds is 6. The fourth-order valence-corrected chi connectivity index (χ4v) is 2.60. The van der Waals surface area contributed by atoms with Gasteiger partial charge in [0.2, 0.25) is 0 Å². The largest absolute Gasteiger partial charge is 0.497 e. The van der Waals surface area contributed by atoms with Crippen LogP contribution >= 0.6 is 0 Å². The fourth-order valence-electron chi connectivity index (χ4n) is 2.60. The first-order chi connectivity index (χ1) is 12.2. The third kappa shape index (κ3) is 4.70. The highest BCUT2D eigenvalue weighted by molar-refractivity contribution is 5.84. The second kappa shape index (κ2) is 8.15. The predicted molar refractivity (Wildman–Crippen MR) is 102 cm³/mol. The molecule has 128 valence electrons. The summed E-state index contributed by atoms with van der Waals surface area (Å²) in [5, 5.41) is 5.43. The molecule has 0 spiro atoms. The highest BCUT2D eigenvalue weighted by atomic mass is 16.5. The molecule has 0 aliphatic carbocycles. The van der Waals surface area contributed by atoms with Crippen LogP contribution in [-0.2, 0) is 13.0 Å². The average Bonchev–Trinajstić information content (AvgIpc) is 2.66. The van der Waals surface area contributed by atoms with E-state index in [2.05, 4.69) is 39.6 Å². The van der Waals surface area contributed by atoms with E-state index in [9.17, 15) is 0 Å². The number of nitrogens with zero attached hydrogens (tertiary/aromatic N) is 2. The van der Waals surface area contributed by atoms with Gasteiger partial charge in [0.1, 0.15) is 5.75 Å². The molecule has 3 rings (SSSR count). The normalized spacial score (nSPS) is 11.5. The Bertz CT molecular complexity index is 862. The van der Waals surface area contributed by atoms with Crippen LogP contribution in [-0.4, -0.2) is 24.6 Å². The lowest BCUT2D eigenvalue weighted by Crippen LogP contribution is -2.33. The van der Waals surface area contributed by atoms with Crippen molar-refractivity contribution in [1.82, 2.24) is 10.3 Å². The standard InChI is InChI=1S/C20H22N4O/c1-25-19-8-7-16-12-15(5-6-17(16)13-19)14-24-20(21)23-11-9-18-4-2-3-10-22-18/h2-8,10,12-13H,9,11,14H2,1H3,(H3,21,23,24). The Balaban J connectivity index is 1.56. The molecule has 5 heteroatoms. The van der Waals surface area contributed by atoms with Crippen molar-refractivity contribution in [2.24, 2.45) is 10.7 Å². The molecular formula is C20H22N4O. The number of methoxy groups -OCH3 is 1. The second-order valence-corrected chi connectivity index (χ2v) is 5.75. The van der Waals surface area contributed by atoms with E-state index >= 15 is 0 Å². The second-order valence-electron chi connectivity index (χ2n) is 5.75. The number of hydrogen-bond donors (Lipinski definition) is 2. The molecule has 0 saturated heterocycles. The molecule has 5 nitrogen and oxygen atoms in total. The van der Waals surface area contributed by atoms with E-state index < -0.39 is 0 Å². The van der Waals surface area contributed by atoms with E-state index in [4.69, 9.17) is 10.5 Å². The van der Waals surface area contributed by atoms with Gasteiger partial charge in [-0.05, 0) is 46.7 Å². The number of benzene rings is 2. The number of aliphatic imine (C=N–C) groups is 1. The highest BCUT2D eigenvalue weighted by Crippen LogP contribution is 2.22. The molecule has 0 saturated carbocycles. The van der Waals surface area contributed by atoms with Gasteiger partial charge in [-0.1, -0.05) is 24.3 Å². The number of aromatic nitrogens is 1. The third-order valence-electron chi connectivity index (χ3n) is 3.96. The number of nitrogens with one attached hydrogen (secondary N) is 1. The first-order valence-electron chi connectivity index (χ1n) is 8.25. The quantitative estimate of drug-likeness (QED) is 0.537. The Kier molecular flexibility index (Phi) is 5.46. The van der Waals surface area contributed by atoms with Crippen molar-refractivity contribution >= 4 is 16.7 Å². The maximum Gasteiger partial charge on any atom is 0.188 e. The molecule has 0 aliphatic heterocycles. The van der Waals surface area contributed by atoms with Crippen LogP contribution in [0, 0.1) is 0 Å². The van der Waals surface area contributed by atoms with Crippen molar-refractivity contribution in [3.05, 3.63) is 72.1 Å². The zero-order valence-corrected chi connectivity index (χ0v) is 14.3. The van der Waals surface area contributed by atoms with Crippen molar-refractivity contribution in [2.45, 2.75) is 13.0 Å². The van der Waals surface area contributed by atoms with Gasteiger partial charge in [-0.15, -0.1) is 0 Å². The van der Waals surface area contributed by atoms with Gasteiger partial charge >= 0.3 is 0 Å². The molecule has 0 aliphatic rings. The molecule has 3 aromatic rings. The third-order valence-corrected chi connectivity index (χ3v) is 3.96. The smallest absolute Gasteiger partial charge is 0.188 e. The van der Waals surface area contributed by atoms with Gasteiger partial charge in [-0.2, -0.15) is 0 Å². The number of hydrogen-bond acceptors (Lipinski definition) is 3. The van der Waals surface area contributed by atoms with Crippen molar-refractivity contribution in [3.63, 3.8) is 0 Å². The van der Waals surface area contributed by atoms with Crippen LogP contribution < -0.4 is 15.8 Å². The number of ether oxygens (including phenoxy) is 1. The average molecular weight is 334 g/mol. The maximum atomic E-state index is 5.94. The molecule has 0 unspecified atom stereocenters. The summed E-state index contributed by atoms with van der Waals surface area (Å²) >= 11 is 0. The van der Waals surface area contributed by atoms with Gasteiger partial charge in [0.05, 0.1) is 13.7 Å². The van der Waals surface area contributed by atoms with Gasteiger partial charge < -0.3 is 15.8 Å². The topological polar surface area (TPSA) is 72.5 Å². The molecule has 1 aromatic heterocycles. The lowest BCUT2D eigenvalue weighted by Gasteiger charge is -2.07. The zero-order chi connectivity index (χ0) is 17.5. The Labute approximate surface area is 147 Å². The Morgan fingerprint density at radius 2 is 1.96 bits per heavy atom. The molecule has 2 aromatic carbocycles. The SMILES string of the molecule is COc1ccc2cc(CN=C(N)NCCc3ccccn3)ccc2c1. The van der Waals surface area contributed by atoms with E-state index in [0.29, 0.717) is 19.0 Å². The van der Waals surface area contributed by atoms with E-state index in [0.717, 1.165) is 34.2 Å². The number of nitrogens with two attached hydrogens (primary N) is 1. The van der Waals surface area contributed by atoms with Crippen LogP contribution in [0.15, 0.2) is 65.8 Å². The molecule has 0 atom stereocenters. The maximum absolute atomic E-state index is 5.94. The minimum atomic E-state index is 0.450. The van der Waals surface area contributed by atoms with Crippen LogP contribution in [0.2, 0.25) is 0 Å². The summed E-state index contributed by atoms with van der Waals surface area (Å²) < 4.78 is 5.25. The van der Waals surface area contributed by atoms with Gasteiger partial charge in [-0.3, -0.25) is 4.98 Å². The molecule has 0 fully saturated rings. The Morgan fingerprint density at radius 3 is 2.76 bits per heavy atom. The molecule has 25 heavy (non-hydrogen) atoms. The highest BCUT2D eigenvalue weighted by Gasteiger charge is 2.00. The molecule has 3 N–H and O–H groups in total. The minimum Gasteiger partial charge on any atom is -0.497 e. The van der Waals surface area contributed by atoms with Crippen LogP contribution in [0.5, 0.6) is 5.75 Å². The summed E-state index contributed by atoms with van der Waals surface area (Å²) in [5.74, 6) is 1.31. The van der Waals surface area contributed by atoms with Crippen LogP contribution in [0.1, 0.15) is 11.3 Å². The number of guanidine groups is 1. The van der Waals surface area contributed by atoms with Crippen LogP contribution in [0.25, 0.3) is 10.8 Å². The summed E-state index contributed by atoms with van der Waals surface area (Å²) in [4.78, 5) is 8.69. The van der Waals surface area contributed by atoms with Crippen LogP contribution in [0.3, 0.4) is 0 Å². The Morgan fingerprint density at radius 1 is 1.12 bits per heavy atom. The van der Waals surface area contributed by atoms with E-state index in [1.54, 1.807) is 13.3 Å². The summed E-state index contributed by atoms with van der Waals surface area (Å²) in [5.41, 5.74) is 8.09. The molecular weight excluding hydrogens is 312 g/mol. The summed E-state index contributed by atoms with van der Waals surface area (Å²) in [6, 6.07) is 18.2. The van der Waals surface area contributed by atoms with Crippen molar-refractivity contribution in [2.75, 3.05) is 13.7 Å². The fraction of sp³-hybridized carbons (Fsp3) is 0.200. The minimum absolute atomic E-state index is 0.450. The monoisotopic (exact) mass is 334 g/mol. The van der Waals surface area contributed by atoms with E-state index in [-0.39, 0.29) is 0 Å². The number of pyridine rings is 1. The van der Waals surface area contributed by atoms with Crippen molar-refractivity contribution in [1.29, 1.82) is 0 Å². The van der Waals surface area contributed by atoms with Gasteiger partial charge in [0, 0.05) is 24.9 Å². The summed E-state index contributed by atoms with van der Waals surface area (Å²) in [6.07, 6.45) is 2.61. The zero-order valence-electron chi connectivity index (χ0n) is 14.3. The summed E-state index contributed by atoms with van der Waals surface area (Å²) in [7, 11) is 1.67. The van der Waals surface area contributed by atoms with Gasteiger partial charge in [0.25, 0.3) is 0 Å². The number of fused-ring (bicyclic) bond motifs is 1. The van der Waals surface area contributed by atoms with E-state index in [1.165, 1.54) is 0 Å².